The normalized spacial score (nSPS) is 10.1. The highest BCUT2D eigenvalue weighted by Crippen LogP contribution is 2.23. The molecule has 0 amide bonds. The first-order valence-electron chi connectivity index (χ1n) is 6.30. The number of aryl methyl sites for hydroxylation is 1. The predicted octanol–water partition coefficient (Wildman–Crippen LogP) is 3.03. The third kappa shape index (κ3) is 4.02. The maximum atomic E-state index is 12.7. The molecule has 7 heteroatoms. The number of nitro benzene ring substituents is 1. The summed E-state index contributed by atoms with van der Waals surface area (Å²) >= 11 is 0. The molecule has 2 rings (SSSR count). The summed E-state index contributed by atoms with van der Waals surface area (Å²) in [4.78, 5) is 21.7. The molecule has 0 aromatic heterocycles. The minimum Gasteiger partial charge on any atom is -0.482 e. The monoisotopic (exact) mass is 305 g/mol. The molecular formula is C15H12FNO5. The maximum absolute atomic E-state index is 12.7. The molecule has 2 aromatic carbocycles. The van der Waals surface area contributed by atoms with Crippen molar-refractivity contribution in [1.29, 1.82) is 0 Å². The van der Waals surface area contributed by atoms with Crippen LogP contribution in [0.5, 0.6) is 11.5 Å². The lowest BCUT2D eigenvalue weighted by Crippen LogP contribution is -2.18. The van der Waals surface area contributed by atoms with Crippen LogP contribution in [0.3, 0.4) is 0 Å². The van der Waals surface area contributed by atoms with Crippen molar-refractivity contribution < 1.29 is 23.6 Å². The van der Waals surface area contributed by atoms with Gasteiger partial charge in [0, 0.05) is 12.1 Å². The van der Waals surface area contributed by atoms with Gasteiger partial charge >= 0.3 is 5.97 Å². The van der Waals surface area contributed by atoms with Gasteiger partial charge < -0.3 is 9.47 Å². The molecule has 114 valence electrons. The summed E-state index contributed by atoms with van der Waals surface area (Å²) in [6, 6.07) is 9.04. The van der Waals surface area contributed by atoms with Crippen molar-refractivity contribution in [3.05, 3.63) is 64.0 Å². The van der Waals surface area contributed by atoms with Crippen LogP contribution in [0.4, 0.5) is 10.1 Å². The number of nitrogens with zero attached hydrogens (tertiary/aromatic N) is 1. The number of carbonyl (C=O) groups is 1. The van der Waals surface area contributed by atoms with E-state index in [9.17, 15) is 19.3 Å². The lowest BCUT2D eigenvalue weighted by atomic mass is 10.2. The van der Waals surface area contributed by atoms with Crippen molar-refractivity contribution in [3.8, 4) is 11.5 Å². The van der Waals surface area contributed by atoms with Gasteiger partial charge in [0.25, 0.3) is 5.69 Å². The van der Waals surface area contributed by atoms with Crippen LogP contribution >= 0.6 is 0 Å². The number of benzene rings is 2. The van der Waals surface area contributed by atoms with Crippen LogP contribution in [0.25, 0.3) is 0 Å². The molecule has 0 aliphatic heterocycles. The molecule has 0 unspecified atom stereocenters. The zero-order chi connectivity index (χ0) is 16.1. The molecule has 22 heavy (non-hydrogen) atoms. The smallest absolute Gasteiger partial charge is 0.349 e. The number of carbonyl (C=O) groups excluding carboxylic acids is 1. The number of non-ortho nitro benzene ring substituents is 1. The number of hydrogen-bond donors (Lipinski definition) is 0. The highest BCUT2D eigenvalue weighted by Gasteiger charge is 2.11. The summed E-state index contributed by atoms with van der Waals surface area (Å²) in [6.45, 7) is 1.27. The van der Waals surface area contributed by atoms with Crippen LogP contribution in [0, 0.1) is 22.9 Å². The summed E-state index contributed by atoms with van der Waals surface area (Å²) in [5, 5.41) is 10.6. The van der Waals surface area contributed by atoms with Crippen LogP contribution in [0.15, 0.2) is 42.5 Å². The minimum absolute atomic E-state index is 0.0567. The second-order valence-corrected chi connectivity index (χ2v) is 4.42. The fourth-order valence-electron chi connectivity index (χ4n) is 1.71. The molecule has 0 saturated heterocycles. The first kappa shape index (κ1) is 15.4. The van der Waals surface area contributed by atoms with Gasteiger partial charge in [-0.3, -0.25) is 10.1 Å². The number of ether oxygens (including phenoxy) is 2. The van der Waals surface area contributed by atoms with Gasteiger partial charge in [-0.2, -0.15) is 0 Å². The molecule has 0 saturated carbocycles. The van der Waals surface area contributed by atoms with E-state index in [2.05, 4.69) is 0 Å². The fraction of sp³-hybridized carbons (Fsp3) is 0.133. The fourth-order valence-corrected chi connectivity index (χ4v) is 1.71. The third-order valence-corrected chi connectivity index (χ3v) is 2.76. The first-order chi connectivity index (χ1) is 10.5. The Kier molecular flexibility index (Phi) is 4.67. The Morgan fingerprint density at radius 3 is 2.50 bits per heavy atom. The SMILES string of the molecule is Cc1cc([N+](=O)[O-])ccc1OCC(=O)Oc1ccc(F)cc1. The maximum Gasteiger partial charge on any atom is 0.349 e. The van der Waals surface area contributed by atoms with Crippen LogP contribution in [-0.2, 0) is 4.79 Å². The van der Waals surface area contributed by atoms with Crippen LogP contribution < -0.4 is 9.47 Å². The number of nitro groups is 1. The molecule has 0 fully saturated rings. The summed E-state index contributed by atoms with van der Waals surface area (Å²) in [5.74, 6) is -0.543. The summed E-state index contributed by atoms with van der Waals surface area (Å²) in [7, 11) is 0. The van der Waals surface area contributed by atoms with Gasteiger partial charge in [0.2, 0.25) is 0 Å². The molecule has 0 aliphatic rings. The van der Waals surface area contributed by atoms with E-state index in [4.69, 9.17) is 9.47 Å². The Morgan fingerprint density at radius 1 is 1.23 bits per heavy atom. The van der Waals surface area contributed by atoms with Gasteiger partial charge in [0.05, 0.1) is 4.92 Å². The van der Waals surface area contributed by atoms with Crippen molar-refractivity contribution in [1.82, 2.24) is 0 Å². The van der Waals surface area contributed by atoms with E-state index in [1.807, 2.05) is 0 Å². The Labute approximate surface area is 125 Å². The Morgan fingerprint density at radius 2 is 1.91 bits per heavy atom. The Balaban J connectivity index is 1.93. The highest BCUT2D eigenvalue weighted by atomic mass is 19.1. The topological polar surface area (TPSA) is 78.7 Å². The number of rotatable bonds is 5. The van der Waals surface area contributed by atoms with Gasteiger partial charge in [-0.05, 0) is 42.8 Å². The van der Waals surface area contributed by atoms with E-state index < -0.39 is 16.7 Å². The Bertz CT molecular complexity index is 700. The van der Waals surface area contributed by atoms with Gasteiger partial charge in [-0.1, -0.05) is 0 Å². The van der Waals surface area contributed by atoms with Crippen molar-refractivity contribution >= 4 is 11.7 Å². The number of esters is 1. The minimum atomic E-state index is -0.663. The van der Waals surface area contributed by atoms with E-state index in [1.54, 1.807) is 6.92 Å². The average Bonchev–Trinajstić information content (AvgIpc) is 2.48. The zero-order valence-electron chi connectivity index (χ0n) is 11.6. The van der Waals surface area contributed by atoms with Crippen molar-refractivity contribution in [3.63, 3.8) is 0 Å². The highest BCUT2D eigenvalue weighted by molar-refractivity contribution is 5.74. The molecule has 0 aliphatic carbocycles. The van der Waals surface area contributed by atoms with E-state index in [-0.39, 0.29) is 18.0 Å². The molecular weight excluding hydrogens is 293 g/mol. The van der Waals surface area contributed by atoms with E-state index >= 15 is 0 Å². The second kappa shape index (κ2) is 6.66. The molecule has 0 heterocycles. The lowest BCUT2D eigenvalue weighted by molar-refractivity contribution is -0.384. The van der Waals surface area contributed by atoms with Crippen molar-refractivity contribution in [2.45, 2.75) is 6.92 Å². The molecule has 2 aromatic rings. The quantitative estimate of drug-likeness (QED) is 0.367. The van der Waals surface area contributed by atoms with Crippen molar-refractivity contribution in [2.24, 2.45) is 0 Å². The lowest BCUT2D eigenvalue weighted by Gasteiger charge is -2.08. The summed E-state index contributed by atoms with van der Waals surface area (Å²) in [5.41, 5.74) is 0.475. The zero-order valence-corrected chi connectivity index (χ0v) is 11.6. The van der Waals surface area contributed by atoms with E-state index in [1.165, 1.54) is 42.5 Å². The number of halogens is 1. The van der Waals surface area contributed by atoms with Gasteiger partial charge in [-0.15, -0.1) is 0 Å². The van der Waals surface area contributed by atoms with Gasteiger partial charge in [0.15, 0.2) is 6.61 Å². The van der Waals surface area contributed by atoms with Gasteiger partial charge in [-0.25, -0.2) is 9.18 Å². The van der Waals surface area contributed by atoms with E-state index in [0.29, 0.717) is 11.3 Å². The third-order valence-electron chi connectivity index (χ3n) is 2.76. The molecule has 0 spiro atoms. The summed E-state index contributed by atoms with van der Waals surface area (Å²) in [6.07, 6.45) is 0. The van der Waals surface area contributed by atoms with Crippen LogP contribution in [0.1, 0.15) is 5.56 Å². The number of hydrogen-bond acceptors (Lipinski definition) is 5. The Hall–Kier alpha value is -2.96. The van der Waals surface area contributed by atoms with Crippen LogP contribution in [-0.4, -0.2) is 17.5 Å². The van der Waals surface area contributed by atoms with Crippen molar-refractivity contribution in [2.75, 3.05) is 6.61 Å². The molecule has 0 bridgehead atoms. The molecule has 6 nitrogen and oxygen atoms in total. The van der Waals surface area contributed by atoms with Crippen LogP contribution in [0.2, 0.25) is 0 Å². The van der Waals surface area contributed by atoms with Gasteiger partial charge in [0.1, 0.15) is 17.3 Å². The average molecular weight is 305 g/mol. The summed E-state index contributed by atoms with van der Waals surface area (Å²) < 4.78 is 22.9. The standard InChI is InChI=1S/C15H12FNO5/c1-10-8-12(17(19)20)4-7-14(10)21-9-15(18)22-13-5-2-11(16)3-6-13/h2-8H,9H2,1H3. The predicted molar refractivity (Wildman–Crippen MR) is 75.4 cm³/mol. The van der Waals surface area contributed by atoms with E-state index in [0.717, 1.165) is 0 Å². The molecule has 0 radical (unpaired) electrons. The second-order valence-electron chi connectivity index (χ2n) is 4.42. The largest absolute Gasteiger partial charge is 0.482 e. The molecule has 0 atom stereocenters. The molecule has 0 N–H and O–H groups in total. The first-order valence-corrected chi connectivity index (χ1v) is 6.30.